The van der Waals surface area contributed by atoms with Crippen LogP contribution >= 0.6 is 0 Å². The molecule has 44 heavy (non-hydrogen) atoms. The fraction of sp³-hybridized carbons (Fsp3) is 0. The van der Waals surface area contributed by atoms with Gasteiger partial charge in [-0.2, -0.15) is 0 Å². The van der Waals surface area contributed by atoms with Crippen molar-refractivity contribution in [3.8, 4) is 34.2 Å². The highest BCUT2D eigenvalue weighted by Crippen LogP contribution is 2.40. The number of nitrogens with zero attached hydrogens (tertiary/aromatic N) is 5. The lowest BCUT2D eigenvalue weighted by Gasteiger charge is -2.12. The van der Waals surface area contributed by atoms with Gasteiger partial charge in [0, 0.05) is 33.0 Å². The summed E-state index contributed by atoms with van der Waals surface area (Å²) >= 11 is 0. The summed E-state index contributed by atoms with van der Waals surface area (Å²) in [7, 11) is 0. The van der Waals surface area contributed by atoms with Crippen LogP contribution in [0.5, 0.6) is 0 Å². The van der Waals surface area contributed by atoms with E-state index < -0.39 is 0 Å². The van der Waals surface area contributed by atoms with E-state index in [1.165, 1.54) is 0 Å². The summed E-state index contributed by atoms with van der Waals surface area (Å²) in [5, 5.41) is 3.35. The van der Waals surface area contributed by atoms with Gasteiger partial charge in [-0.25, -0.2) is 9.97 Å². The molecule has 0 N–H and O–H groups in total. The van der Waals surface area contributed by atoms with Gasteiger partial charge in [-0.1, -0.05) is 115 Å². The molecule has 0 saturated heterocycles. The van der Waals surface area contributed by atoms with E-state index in [0.717, 1.165) is 71.9 Å². The minimum absolute atomic E-state index is 0.613. The molecule has 5 heteroatoms. The Hall–Kier alpha value is -6.07. The zero-order chi connectivity index (χ0) is 29.0. The van der Waals surface area contributed by atoms with E-state index in [1.54, 1.807) is 0 Å². The Labute approximate surface area is 253 Å². The van der Waals surface area contributed by atoms with Crippen LogP contribution in [0.1, 0.15) is 0 Å². The van der Waals surface area contributed by atoms with Gasteiger partial charge in [-0.05, 0) is 30.3 Å². The van der Waals surface area contributed by atoms with Crippen molar-refractivity contribution in [1.82, 2.24) is 24.1 Å². The summed E-state index contributed by atoms with van der Waals surface area (Å²) in [6, 6.07) is 50.2. The molecular weight excluding hydrogens is 538 g/mol. The number of aromatic nitrogens is 5. The normalized spacial score (nSPS) is 11.6. The van der Waals surface area contributed by atoms with Crippen molar-refractivity contribution in [2.24, 2.45) is 0 Å². The van der Waals surface area contributed by atoms with Gasteiger partial charge in [0.2, 0.25) is 5.95 Å². The molecule has 0 unspecified atom stereocenters. The van der Waals surface area contributed by atoms with Gasteiger partial charge < -0.3 is 4.57 Å². The SMILES string of the molecule is c1ccc(-c2cc(-c3ccccc3)nc(-n3c4ccccc4c4ncc5c(c6ccccc6n5-c5ccccc5)c43)n2)cc1. The average molecular weight is 564 g/mol. The third-order valence-corrected chi connectivity index (χ3v) is 8.38. The van der Waals surface area contributed by atoms with Crippen LogP contribution in [0.4, 0.5) is 0 Å². The maximum Gasteiger partial charge on any atom is 0.235 e. The van der Waals surface area contributed by atoms with Crippen molar-refractivity contribution in [3.05, 3.63) is 152 Å². The van der Waals surface area contributed by atoms with Gasteiger partial charge in [0.1, 0.15) is 0 Å². The first kappa shape index (κ1) is 24.5. The second-order valence-corrected chi connectivity index (χ2v) is 10.9. The lowest BCUT2D eigenvalue weighted by atomic mass is 10.1. The minimum Gasteiger partial charge on any atom is -0.308 e. The van der Waals surface area contributed by atoms with Crippen LogP contribution in [0.15, 0.2) is 152 Å². The standard InChI is InChI=1S/C39H25N5/c1-4-14-26(15-5-1)31-24-32(27-16-6-2-7-17-27)42-39(41-31)44-34-23-13-11-21-30(34)37-38(44)36-29-20-10-12-22-33(29)43(35(36)25-40-37)28-18-8-3-9-19-28/h1-25H. The van der Waals surface area contributed by atoms with Crippen LogP contribution in [-0.2, 0) is 0 Å². The fourth-order valence-electron chi connectivity index (χ4n) is 6.45. The second-order valence-electron chi connectivity index (χ2n) is 10.9. The summed E-state index contributed by atoms with van der Waals surface area (Å²) in [6.07, 6.45) is 2.01. The maximum absolute atomic E-state index is 5.24. The van der Waals surface area contributed by atoms with Crippen molar-refractivity contribution in [1.29, 1.82) is 0 Å². The summed E-state index contributed by atoms with van der Waals surface area (Å²) in [5.74, 6) is 0.613. The van der Waals surface area contributed by atoms with Crippen molar-refractivity contribution < 1.29 is 0 Å². The molecule has 0 aliphatic heterocycles. The molecule has 0 bridgehead atoms. The maximum atomic E-state index is 5.24. The van der Waals surface area contributed by atoms with Crippen molar-refractivity contribution in [3.63, 3.8) is 0 Å². The van der Waals surface area contributed by atoms with Crippen LogP contribution in [-0.4, -0.2) is 24.1 Å². The number of hydrogen-bond acceptors (Lipinski definition) is 3. The number of para-hydroxylation sites is 3. The number of pyridine rings is 1. The van der Waals surface area contributed by atoms with Gasteiger partial charge in [-0.3, -0.25) is 9.55 Å². The molecule has 0 radical (unpaired) electrons. The molecular formula is C39H25N5. The summed E-state index contributed by atoms with van der Waals surface area (Å²) in [4.78, 5) is 15.6. The molecule has 4 heterocycles. The summed E-state index contributed by atoms with van der Waals surface area (Å²) in [5.41, 5.74) is 10.0. The molecule has 5 aromatic carbocycles. The molecule has 4 aromatic heterocycles. The molecule has 9 aromatic rings. The zero-order valence-corrected chi connectivity index (χ0v) is 23.7. The Morgan fingerprint density at radius 1 is 0.455 bits per heavy atom. The van der Waals surface area contributed by atoms with Crippen LogP contribution in [0, 0.1) is 0 Å². The predicted molar refractivity (Wildman–Crippen MR) is 179 cm³/mol. The smallest absolute Gasteiger partial charge is 0.235 e. The van der Waals surface area contributed by atoms with E-state index in [2.05, 4.69) is 112 Å². The summed E-state index contributed by atoms with van der Waals surface area (Å²) < 4.78 is 4.51. The van der Waals surface area contributed by atoms with E-state index in [9.17, 15) is 0 Å². The Kier molecular flexibility index (Phi) is 5.43. The molecule has 0 aliphatic rings. The number of benzene rings is 5. The first-order chi connectivity index (χ1) is 21.8. The van der Waals surface area contributed by atoms with Gasteiger partial charge in [0.25, 0.3) is 0 Å². The molecule has 0 amide bonds. The number of rotatable bonds is 4. The van der Waals surface area contributed by atoms with E-state index in [0.29, 0.717) is 5.95 Å². The van der Waals surface area contributed by atoms with E-state index in [-0.39, 0.29) is 0 Å². The lowest BCUT2D eigenvalue weighted by Crippen LogP contribution is -2.04. The highest BCUT2D eigenvalue weighted by atomic mass is 15.2. The van der Waals surface area contributed by atoms with Crippen LogP contribution < -0.4 is 0 Å². The van der Waals surface area contributed by atoms with Gasteiger partial charge >= 0.3 is 0 Å². The predicted octanol–water partition coefficient (Wildman–Crippen LogP) is 9.40. The van der Waals surface area contributed by atoms with E-state index in [1.807, 2.05) is 48.7 Å². The molecule has 0 fully saturated rings. The van der Waals surface area contributed by atoms with Crippen molar-refractivity contribution >= 4 is 43.7 Å². The Balaban J connectivity index is 1.46. The van der Waals surface area contributed by atoms with E-state index in [4.69, 9.17) is 15.0 Å². The van der Waals surface area contributed by atoms with Gasteiger partial charge in [-0.15, -0.1) is 0 Å². The third kappa shape index (κ3) is 3.69. The lowest BCUT2D eigenvalue weighted by molar-refractivity contribution is 0.997. The fourth-order valence-corrected chi connectivity index (χ4v) is 6.45. The number of hydrogen-bond donors (Lipinski definition) is 0. The molecule has 9 rings (SSSR count). The molecule has 5 nitrogen and oxygen atoms in total. The Morgan fingerprint density at radius 3 is 1.61 bits per heavy atom. The Bertz CT molecular complexity index is 2420. The zero-order valence-electron chi connectivity index (χ0n) is 23.7. The Morgan fingerprint density at radius 2 is 0.977 bits per heavy atom. The van der Waals surface area contributed by atoms with Crippen LogP contribution in [0.25, 0.3) is 77.9 Å². The second kappa shape index (κ2) is 9.75. The first-order valence-electron chi connectivity index (χ1n) is 14.7. The van der Waals surface area contributed by atoms with Crippen LogP contribution in [0.2, 0.25) is 0 Å². The third-order valence-electron chi connectivity index (χ3n) is 8.38. The summed E-state index contributed by atoms with van der Waals surface area (Å²) in [6.45, 7) is 0. The topological polar surface area (TPSA) is 48.5 Å². The highest BCUT2D eigenvalue weighted by molar-refractivity contribution is 6.24. The monoisotopic (exact) mass is 563 g/mol. The highest BCUT2D eigenvalue weighted by Gasteiger charge is 2.23. The largest absolute Gasteiger partial charge is 0.308 e. The van der Waals surface area contributed by atoms with Crippen molar-refractivity contribution in [2.75, 3.05) is 0 Å². The molecule has 206 valence electrons. The van der Waals surface area contributed by atoms with Gasteiger partial charge in [0.05, 0.1) is 45.2 Å². The molecule has 0 aliphatic carbocycles. The average Bonchev–Trinajstić information content (AvgIpc) is 3.62. The van der Waals surface area contributed by atoms with Crippen molar-refractivity contribution in [2.45, 2.75) is 0 Å². The molecule has 0 saturated carbocycles. The van der Waals surface area contributed by atoms with E-state index >= 15 is 0 Å². The number of fused-ring (bicyclic) bond motifs is 7. The first-order valence-corrected chi connectivity index (χ1v) is 14.7. The molecule has 0 atom stereocenters. The minimum atomic E-state index is 0.613. The molecule has 0 spiro atoms. The quantitative estimate of drug-likeness (QED) is 0.214. The van der Waals surface area contributed by atoms with Crippen LogP contribution in [0.3, 0.4) is 0 Å². The van der Waals surface area contributed by atoms with Gasteiger partial charge in [0.15, 0.2) is 0 Å².